The highest BCUT2D eigenvalue weighted by Gasteiger charge is 2.15. The minimum Gasteiger partial charge on any atom is -0.294 e. The molecular weight excluding hydrogens is 241 g/mol. The van der Waals surface area contributed by atoms with Crippen molar-refractivity contribution < 1.29 is 18.0 Å². The van der Waals surface area contributed by atoms with E-state index in [4.69, 9.17) is 0 Å². The van der Waals surface area contributed by atoms with Gasteiger partial charge in [-0.2, -0.15) is 0 Å². The summed E-state index contributed by atoms with van der Waals surface area (Å²) in [5, 5.41) is 0. The number of unbranched alkanes of at least 4 members (excludes halogenated alkanes) is 4. The highest BCUT2D eigenvalue weighted by atomic mass is 19.2. The molecule has 1 nitrogen and oxygen atoms in total. The van der Waals surface area contributed by atoms with Crippen LogP contribution in [0.5, 0.6) is 0 Å². The Hall–Kier alpha value is -1.32. The summed E-state index contributed by atoms with van der Waals surface area (Å²) in [5.41, 5.74) is -0.357. The van der Waals surface area contributed by atoms with Crippen LogP contribution >= 0.6 is 0 Å². The van der Waals surface area contributed by atoms with Crippen LogP contribution in [-0.4, -0.2) is 5.78 Å². The van der Waals surface area contributed by atoms with Gasteiger partial charge in [-0.1, -0.05) is 32.6 Å². The largest absolute Gasteiger partial charge is 0.294 e. The summed E-state index contributed by atoms with van der Waals surface area (Å²) in [6, 6.07) is 1.05. The number of ketones is 1. The van der Waals surface area contributed by atoms with Crippen molar-refractivity contribution in [1.29, 1.82) is 0 Å². The molecule has 0 saturated carbocycles. The molecule has 0 bridgehead atoms. The SMILES string of the molecule is CCCCCCCC(=O)c1cc(F)c(F)cc1F. The molecule has 0 atom stereocenters. The van der Waals surface area contributed by atoms with E-state index in [0.717, 1.165) is 25.7 Å². The van der Waals surface area contributed by atoms with Gasteiger partial charge in [-0.05, 0) is 12.5 Å². The third-order valence-corrected chi connectivity index (χ3v) is 2.82. The third-order valence-electron chi connectivity index (χ3n) is 2.82. The van der Waals surface area contributed by atoms with Crippen LogP contribution in [0.1, 0.15) is 55.8 Å². The molecular formula is C14H17F3O. The number of Topliss-reactive ketones (excluding diaryl/α,β-unsaturated/α-hetero) is 1. The lowest BCUT2D eigenvalue weighted by atomic mass is 10.0. The van der Waals surface area contributed by atoms with E-state index in [2.05, 4.69) is 6.92 Å². The molecule has 0 spiro atoms. The second kappa shape index (κ2) is 7.19. The Labute approximate surface area is 105 Å². The van der Waals surface area contributed by atoms with Crippen molar-refractivity contribution in [3.63, 3.8) is 0 Å². The van der Waals surface area contributed by atoms with Crippen molar-refractivity contribution in [2.75, 3.05) is 0 Å². The molecule has 18 heavy (non-hydrogen) atoms. The van der Waals surface area contributed by atoms with Crippen molar-refractivity contribution in [1.82, 2.24) is 0 Å². The van der Waals surface area contributed by atoms with Gasteiger partial charge in [0.2, 0.25) is 0 Å². The average Bonchev–Trinajstić information content (AvgIpc) is 2.33. The molecule has 0 aliphatic carbocycles. The summed E-state index contributed by atoms with van der Waals surface area (Å²) in [6.45, 7) is 2.09. The van der Waals surface area contributed by atoms with Crippen molar-refractivity contribution in [2.45, 2.75) is 45.4 Å². The fraction of sp³-hybridized carbons (Fsp3) is 0.500. The van der Waals surface area contributed by atoms with Gasteiger partial charge in [-0.25, -0.2) is 13.2 Å². The van der Waals surface area contributed by atoms with E-state index in [0.29, 0.717) is 18.6 Å². The molecule has 0 aliphatic heterocycles. The zero-order chi connectivity index (χ0) is 13.5. The molecule has 0 unspecified atom stereocenters. The van der Waals surface area contributed by atoms with Crippen molar-refractivity contribution in [2.24, 2.45) is 0 Å². The Bertz CT molecular complexity index is 416. The van der Waals surface area contributed by atoms with Crippen LogP contribution in [0, 0.1) is 17.5 Å². The topological polar surface area (TPSA) is 17.1 Å². The summed E-state index contributed by atoms with van der Waals surface area (Å²) in [7, 11) is 0. The molecule has 1 aromatic carbocycles. The summed E-state index contributed by atoms with van der Waals surface area (Å²) in [4.78, 5) is 11.6. The number of rotatable bonds is 7. The predicted octanol–water partition coefficient (Wildman–Crippen LogP) is 4.65. The van der Waals surface area contributed by atoms with E-state index in [1.54, 1.807) is 0 Å². The number of benzene rings is 1. The number of hydrogen-bond donors (Lipinski definition) is 0. The van der Waals surface area contributed by atoms with Gasteiger partial charge < -0.3 is 0 Å². The average molecular weight is 258 g/mol. The maximum absolute atomic E-state index is 13.3. The van der Waals surface area contributed by atoms with E-state index >= 15 is 0 Å². The minimum absolute atomic E-state index is 0.172. The van der Waals surface area contributed by atoms with Gasteiger partial charge in [0.15, 0.2) is 17.4 Å². The highest BCUT2D eigenvalue weighted by molar-refractivity contribution is 5.96. The lowest BCUT2D eigenvalue weighted by molar-refractivity contribution is 0.0974. The van der Waals surface area contributed by atoms with E-state index in [1.807, 2.05) is 0 Å². The Morgan fingerprint density at radius 3 is 2.22 bits per heavy atom. The molecule has 0 heterocycles. The molecule has 0 amide bonds. The fourth-order valence-corrected chi connectivity index (χ4v) is 1.76. The third kappa shape index (κ3) is 4.17. The fourth-order valence-electron chi connectivity index (χ4n) is 1.76. The number of carbonyl (C=O) groups excluding carboxylic acids is 1. The van der Waals surface area contributed by atoms with Gasteiger partial charge in [-0.15, -0.1) is 0 Å². The second-order valence-electron chi connectivity index (χ2n) is 4.33. The number of halogens is 3. The van der Waals surface area contributed by atoms with Crippen molar-refractivity contribution in [3.05, 3.63) is 35.1 Å². The molecule has 4 heteroatoms. The summed E-state index contributed by atoms with van der Waals surface area (Å²) < 4.78 is 38.9. The first-order valence-corrected chi connectivity index (χ1v) is 6.24. The zero-order valence-electron chi connectivity index (χ0n) is 10.4. The van der Waals surface area contributed by atoms with Crippen LogP contribution in [0.3, 0.4) is 0 Å². The molecule has 0 radical (unpaired) electrons. The minimum atomic E-state index is -1.27. The molecule has 0 saturated heterocycles. The van der Waals surface area contributed by atoms with Crippen LogP contribution in [0.2, 0.25) is 0 Å². The van der Waals surface area contributed by atoms with Crippen LogP contribution in [0.15, 0.2) is 12.1 Å². The molecule has 100 valence electrons. The first-order valence-electron chi connectivity index (χ1n) is 6.24. The molecule has 0 N–H and O–H groups in total. The van der Waals surface area contributed by atoms with Crippen molar-refractivity contribution in [3.8, 4) is 0 Å². The van der Waals surface area contributed by atoms with Gasteiger partial charge in [0.25, 0.3) is 0 Å². The van der Waals surface area contributed by atoms with Gasteiger partial charge >= 0.3 is 0 Å². The summed E-state index contributed by atoms with van der Waals surface area (Å²) in [6.07, 6.45) is 4.96. The highest BCUT2D eigenvalue weighted by Crippen LogP contribution is 2.17. The first-order chi connectivity index (χ1) is 8.56. The number of hydrogen-bond acceptors (Lipinski definition) is 1. The molecule has 1 aromatic rings. The maximum atomic E-state index is 13.3. The lowest BCUT2D eigenvalue weighted by Crippen LogP contribution is -2.04. The van der Waals surface area contributed by atoms with Crippen LogP contribution in [0.25, 0.3) is 0 Å². The Balaban J connectivity index is 2.54. The molecule has 1 rings (SSSR count). The number of carbonyl (C=O) groups is 1. The van der Waals surface area contributed by atoms with Crippen LogP contribution in [-0.2, 0) is 0 Å². The Morgan fingerprint density at radius 2 is 1.56 bits per heavy atom. The normalized spacial score (nSPS) is 10.7. The maximum Gasteiger partial charge on any atom is 0.165 e. The smallest absolute Gasteiger partial charge is 0.165 e. The standard InChI is InChI=1S/C14H17F3O/c1-2-3-4-5-6-7-14(18)10-8-12(16)13(17)9-11(10)15/h8-9H,2-7H2,1H3. The van der Waals surface area contributed by atoms with Gasteiger partial charge in [0, 0.05) is 12.5 Å². The second-order valence-corrected chi connectivity index (χ2v) is 4.33. The van der Waals surface area contributed by atoms with E-state index in [9.17, 15) is 18.0 Å². The Morgan fingerprint density at radius 1 is 0.944 bits per heavy atom. The molecule has 0 fully saturated rings. The summed E-state index contributed by atoms with van der Waals surface area (Å²) in [5.74, 6) is -3.92. The lowest BCUT2D eigenvalue weighted by Gasteiger charge is -2.04. The molecule has 0 aromatic heterocycles. The van der Waals surface area contributed by atoms with E-state index in [1.165, 1.54) is 0 Å². The van der Waals surface area contributed by atoms with Gasteiger partial charge in [0.05, 0.1) is 5.56 Å². The summed E-state index contributed by atoms with van der Waals surface area (Å²) >= 11 is 0. The Kier molecular flexibility index (Phi) is 5.89. The zero-order valence-corrected chi connectivity index (χ0v) is 10.4. The van der Waals surface area contributed by atoms with Gasteiger partial charge in [-0.3, -0.25) is 4.79 Å². The predicted molar refractivity (Wildman–Crippen MR) is 64.0 cm³/mol. The quantitative estimate of drug-likeness (QED) is 0.395. The monoisotopic (exact) mass is 258 g/mol. The first kappa shape index (κ1) is 14.7. The van der Waals surface area contributed by atoms with Crippen molar-refractivity contribution >= 4 is 5.78 Å². The van der Waals surface area contributed by atoms with E-state index < -0.39 is 23.2 Å². The van der Waals surface area contributed by atoms with E-state index in [-0.39, 0.29) is 12.0 Å². The van der Waals surface area contributed by atoms with Crippen LogP contribution in [0.4, 0.5) is 13.2 Å². The van der Waals surface area contributed by atoms with Gasteiger partial charge in [0.1, 0.15) is 5.82 Å². The van der Waals surface area contributed by atoms with Crippen LogP contribution < -0.4 is 0 Å². The molecule has 0 aliphatic rings.